The van der Waals surface area contributed by atoms with Gasteiger partial charge < -0.3 is 9.42 Å². The largest absolute Gasteiger partial charge is 0.336 e. The number of piperazine rings is 1. The Hall–Kier alpha value is -2.09. The molecule has 0 radical (unpaired) electrons. The number of hydrogen-bond donors (Lipinski definition) is 1. The molecule has 1 aliphatic heterocycles. The Morgan fingerprint density at radius 1 is 1.03 bits per heavy atom. The number of tetrazole rings is 1. The van der Waals surface area contributed by atoms with Crippen LogP contribution in [0, 0.1) is 5.41 Å². The predicted octanol–water partition coefficient (Wildman–Crippen LogP) is 4.95. The van der Waals surface area contributed by atoms with Gasteiger partial charge in [-0.25, -0.2) is 4.67 Å². The van der Waals surface area contributed by atoms with Crippen LogP contribution in [0.3, 0.4) is 0 Å². The highest BCUT2D eigenvalue weighted by molar-refractivity contribution is 7.58. The summed E-state index contributed by atoms with van der Waals surface area (Å²) >= 11 is 0. The Morgan fingerprint density at radius 3 is 2.06 bits per heavy atom. The van der Waals surface area contributed by atoms with E-state index in [-0.39, 0.29) is 26.2 Å². The fourth-order valence-electron chi connectivity index (χ4n) is 3.37. The summed E-state index contributed by atoms with van der Waals surface area (Å²) in [4.78, 5) is 14.8. The molecule has 2 heterocycles. The maximum Gasteiger partial charge on any atom is 0.277 e. The summed E-state index contributed by atoms with van der Waals surface area (Å²) in [6.07, 6.45) is 0. The average molecular weight is 481 g/mol. The van der Waals surface area contributed by atoms with Gasteiger partial charge in [0.05, 0.1) is 11.8 Å². The number of carbonyl (C=O) groups excluding carboxylic acids is 1. The van der Waals surface area contributed by atoms with Crippen molar-refractivity contribution in [1.29, 1.82) is 0 Å². The molecule has 3 rings (SSSR count). The molecule has 0 spiro atoms. The van der Waals surface area contributed by atoms with E-state index in [4.69, 9.17) is 4.52 Å². The highest BCUT2D eigenvalue weighted by Gasteiger charge is 2.45. The van der Waals surface area contributed by atoms with E-state index in [1.807, 2.05) is 37.6 Å². The van der Waals surface area contributed by atoms with Crippen LogP contribution in [-0.2, 0) is 9.09 Å². The summed E-state index contributed by atoms with van der Waals surface area (Å²) in [7, 11) is -3.07. The lowest BCUT2D eigenvalue weighted by Crippen LogP contribution is -2.49. The maximum atomic E-state index is 13.9. The minimum absolute atomic E-state index is 0. The number of aromatic amines is 1. The number of aromatic nitrogens is 4. The fraction of sp³-hybridized carbons (Fsp3) is 0.652. The number of hydrogen-bond acceptors (Lipinski definition) is 6. The molecule has 2 aromatic rings. The van der Waals surface area contributed by atoms with E-state index in [2.05, 4.69) is 41.4 Å². The van der Waals surface area contributed by atoms with Crippen molar-refractivity contribution in [3.05, 3.63) is 29.8 Å². The zero-order valence-corrected chi connectivity index (χ0v) is 20.1. The molecule has 1 aromatic carbocycles. The highest BCUT2D eigenvalue weighted by Crippen LogP contribution is 2.62. The normalized spacial score (nSPS) is 17.0. The van der Waals surface area contributed by atoms with E-state index in [1.54, 1.807) is 17.0 Å². The van der Waals surface area contributed by atoms with Crippen LogP contribution in [0.4, 0.5) is 0 Å². The molecule has 10 heteroatoms. The van der Waals surface area contributed by atoms with Gasteiger partial charge in [0.15, 0.2) is 0 Å². The quantitative estimate of drug-likeness (QED) is 0.604. The zero-order valence-electron chi connectivity index (χ0n) is 19.3. The van der Waals surface area contributed by atoms with Crippen LogP contribution in [-0.4, -0.2) is 74.0 Å². The van der Waals surface area contributed by atoms with Crippen molar-refractivity contribution in [2.24, 2.45) is 5.41 Å². The van der Waals surface area contributed by atoms with E-state index >= 15 is 0 Å². The monoisotopic (exact) mass is 480 g/mol. The number of benzene rings is 1. The van der Waals surface area contributed by atoms with Gasteiger partial charge >= 0.3 is 0 Å². The fourth-order valence-corrected chi connectivity index (χ4v) is 6.04. The molecule has 1 atom stereocenters. The second-order valence-corrected chi connectivity index (χ2v) is 13.3. The number of nitrogens with zero attached hydrogens (tertiary/aromatic N) is 5. The van der Waals surface area contributed by atoms with E-state index in [0.29, 0.717) is 44.2 Å². The lowest BCUT2D eigenvalue weighted by Gasteiger charge is -2.44. The maximum absolute atomic E-state index is 13.9. The Labute approximate surface area is 198 Å². The molecule has 1 aliphatic rings. The van der Waals surface area contributed by atoms with Crippen molar-refractivity contribution in [2.75, 3.05) is 32.8 Å². The number of carbonyl (C=O) groups is 1. The van der Waals surface area contributed by atoms with Gasteiger partial charge in [0.2, 0.25) is 5.82 Å². The SMILES string of the molecule is C.C.CC(C)(C)COP(=O)(N1CCN(C(=O)c2ccc(-c3nn[nH]n3)cc2)CC1)C(C)(C)C. The Balaban J connectivity index is 0.00000272. The minimum Gasteiger partial charge on any atom is -0.336 e. The third kappa shape index (κ3) is 6.71. The molecule has 1 N–H and O–H groups in total. The first-order chi connectivity index (χ1) is 14.4. The molecule has 1 saturated heterocycles. The van der Waals surface area contributed by atoms with Gasteiger partial charge in [0.1, 0.15) is 0 Å². The first kappa shape index (κ1) is 28.9. The van der Waals surface area contributed by atoms with Gasteiger partial charge in [-0.1, -0.05) is 47.8 Å². The van der Waals surface area contributed by atoms with Crippen LogP contribution < -0.4 is 0 Å². The average Bonchev–Trinajstić information content (AvgIpc) is 3.25. The first-order valence-electron chi connectivity index (χ1n) is 10.5. The molecular weight excluding hydrogens is 439 g/mol. The highest BCUT2D eigenvalue weighted by atomic mass is 31.2. The summed E-state index contributed by atoms with van der Waals surface area (Å²) < 4.78 is 21.9. The number of amides is 1. The van der Waals surface area contributed by atoms with Gasteiger partial charge in [-0.2, -0.15) is 5.21 Å². The molecule has 0 bridgehead atoms. The standard InChI is InChI=1S/C21H33N6O3P.2CH4/c1-20(2,3)15-30-31(29,21(4,5)6)27-13-11-26(12-14-27)19(28)17-9-7-16(8-10-17)18-22-24-25-23-18;;/h7-10H,11-15H2,1-6H3,(H,22,23,24,25);2*1H4. The third-order valence-electron chi connectivity index (χ3n) is 5.17. The lowest BCUT2D eigenvalue weighted by atomic mass is 9.99. The third-order valence-corrected chi connectivity index (χ3v) is 8.49. The summed E-state index contributed by atoms with van der Waals surface area (Å²) in [5.41, 5.74) is 1.31. The summed E-state index contributed by atoms with van der Waals surface area (Å²) in [6.45, 7) is 14.6. The van der Waals surface area contributed by atoms with Gasteiger partial charge in [0.25, 0.3) is 13.4 Å². The van der Waals surface area contributed by atoms with Crippen molar-refractivity contribution in [1.82, 2.24) is 30.2 Å². The van der Waals surface area contributed by atoms with Crippen molar-refractivity contribution in [3.63, 3.8) is 0 Å². The second kappa shape index (κ2) is 10.9. The van der Waals surface area contributed by atoms with Crippen molar-refractivity contribution in [2.45, 2.75) is 61.6 Å². The van der Waals surface area contributed by atoms with E-state index < -0.39 is 12.7 Å². The Morgan fingerprint density at radius 2 is 1.61 bits per heavy atom. The topological polar surface area (TPSA) is 104 Å². The van der Waals surface area contributed by atoms with Crippen LogP contribution in [0.5, 0.6) is 0 Å². The Bertz CT molecular complexity index is 925. The van der Waals surface area contributed by atoms with Gasteiger partial charge in [-0.15, -0.1) is 10.2 Å². The van der Waals surface area contributed by atoms with Crippen molar-refractivity contribution < 1.29 is 13.9 Å². The van der Waals surface area contributed by atoms with Crippen LogP contribution in [0.25, 0.3) is 11.4 Å². The second-order valence-electron chi connectivity index (χ2n) is 10.1. The van der Waals surface area contributed by atoms with Crippen molar-refractivity contribution >= 4 is 13.4 Å². The molecule has 1 aromatic heterocycles. The number of rotatable bonds is 5. The molecule has 9 nitrogen and oxygen atoms in total. The Kier molecular flexibility index (Phi) is 9.55. The van der Waals surface area contributed by atoms with E-state index in [0.717, 1.165) is 5.56 Å². The molecule has 33 heavy (non-hydrogen) atoms. The van der Waals surface area contributed by atoms with Crippen LogP contribution >= 0.6 is 7.52 Å². The predicted molar refractivity (Wildman–Crippen MR) is 133 cm³/mol. The van der Waals surface area contributed by atoms with Gasteiger partial charge in [-0.3, -0.25) is 9.36 Å². The minimum atomic E-state index is -3.07. The first-order valence-corrected chi connectivity index (χ1v) is 12.1. The van der Waals surface area contributed by atoms with Crippen LogP contribution in [0.15, 0.2) is 24.3 Å². The molecule has 1 amide bonds. The van der Waals surface area contributed by atoms with Gasteiger partial charge in [-0.05, 0) is 43.5 Å². The van der Waals surface area contributed by atoms with Crippen molar-refractivity contribution in [3.8, 4) is 11.4 Å². The molecule has 186 valence electrons. The zero-order chi connectivity index (χ0) is 22.9. The molecule has 1 fully saturated rings. The smallest absolute Gasteiger partial charge is 0.277 e. The molecule has 0 saturated carbocycles. The van der Waals surface area contributed by atoms with Crippen LogP contribution in [0.1, 0.15) is 66.8 Å². The lowest BCUT2D eigenvalue weighted by molar-refractivity contribution is 0.0676. The number of nitrogens with one attached hydrogen (secondary N) is 1. The number of H-pyrrole nitrogens is 1. The molecule has 0 aliphatic carbocycles. The van der Waals surface area contributed by atoms with E-state index in [9.17, 15) is 9.36 Å². The summed E-state index contributed by atoms with van der Waals surface area (Å²) in [5.74, 6) is 0.446. The molecular formula is C23H41N6O3P. The summed E-state index contributed by atoms with van der Waals surface area (Å²) in [5, 5.41) is 13.4. The molecule has 1 unspecified atom stereocenters. The van der Waals surface area contributed by atoms with Crippen LogP contribution in [0.2, 0.25) is 0 Å². The van der Waals surface area contributed by atoms with Gasteiger partial charge in [0, 0.05) is 37.3 Å². The summed E-state index contributed by atoms with van der Waals surface area (Å²) in [6, 6.07) is 7.16. The van der Waals surface area contributed by atoms with E-state index in [1.165, 1.54) is 0 Å².